The molecule has 1 saturated heterocycles. The SMILES string of the molecule is O=C(Nc1ccc(Oc2cccc3cccnc23)cc1)[C@H]1CCOC1. The van der Waals surface area contributed by atoms with Gasteiger partial charge >= 0.3 is 0 Å². The number of amides is 1. The highest BCUT2D eigenvalue weighted by Crippen LogP contribution is 2.29. The Balaban J connectivity index is 1.47. The average Bonchev–Trinajstić information content (AvgIpc) is 3.19. The van der Waals surface area contributed by atoms with Crippen LogP contribution in [-0.2, 0) is 9.53 Å². The molecule has 1 amide bonds. The predicted molar refractivity (Wildman–Crippen MR) is 95.8 cm³/mol. The maximum Gasteiger partial charge on any atom is 0.229 e. The molecule has 2 heterocycles. The lowest BCUT2D eigenvalue weighted by Gasteiger charge is -2.11. The first-order chi connectivity index (χ1) is 12.3. The molecular formula is C20H18N2O3. The molecule has 4 rings (SSSR count). The van der Waals surface area contributed by atoms with Crippen LogP contribution in [0.4, 0.5) is 5.69 Å². The van der Waals surface area contributed by atoms with Gasteiger partial charge in [-0.1, -0.05) is 18.2 Å². The molecule has 0 aliphatic carbocycles. The van der Waals surface area contributed by atoms with E-state index in [0.29, 0.717) is 24.7 Å². The molecule has 0 radical (unpaired) electrons. The van der Waals surface area contributed by atoms with Crippen molar-refractivity contribution >= 4 is 22.5 Å². The van der Waals surface area contributed by atoms with E-state index in [1.807, 2.05) is 54.6 Å². The van der Waals surface area contributed by atoms with Gasteiger partial charge < -0.3 is 14.8 Å². The number of nitrogens with zero attached hydrogens (tertiary/aromatic N) is 1. The lowest BCUT2D eigenvalue weighted by atomic mass is 10.1. The van der Waals surface area contributed by atoms with Crippen LogP contribution in [0.1, 0.15) is 6.42 Å². The van der Waals surface area contributed by atoms with E-state index in [4.69, 9.17) is 9.47 Å². The van der Waals surface area contributed by atoms with Crippen LogP contribution in [0.2, 0.25) is 0 Å². The minimum Gasteiger partial charge on any atom is -0.455 e. The number of hydrogen-bond donors (Lipinski definition) is 1. The van der Waals surface area contributed by atoms with Gasteiger partial charge in [-0.15, -0.1) is 0 Å². The summed E-state index contributed by atoms with van der Waals surface area (Å²) in [7, 11) is 0. The summed E-state index contributed by atoms with van der Waals surface area (Å²) in [5.41, 5.74) is 1.57. The lowest BCUT2D eigenvalue weighted by Crippen LogP contribution is -2.22. The number of nitrogens with one attached hydrogen (secondary N) is 1. The summed E-state index contributed by atoms with van der Waals surface area (Å²) >= 11 is 0. The van der Waals surface area contributed by atoms with Gasteiger partial charge in [-0.3, -0.25) is 9.78 Å². The highest BCUT2D eigenvalue weighted by atomic mass is 16.5. The number of ether oxygens (including phenoxy) is 2. The Morgan fingerprint density at radius 1 is 1.12 bits per heavy atom. The standard InChI is InChI=1S/C20H18N2O3/c23-20(15-10-12-24-13-15)22-16-6-8-17(9-7-16)25-18-5-1-3-14-4-2-11-21-19(14)18/h1-9,11,15H,10,12-13H2,(H,22,23)/t15-/m0/s1. The summed E-state index contributed by atoms with van der Waals surface area (Å²) in [4.78, 5) is 16.5. The zero-order chi connectivity index (χ0) is 17.1. The molecule has 1 atom stereocenters. The highest BCUT2D eigenvalue weighted by molar-refractivity contribution is 5.92. The van der Waals surface area contributed by atoms with Gasteiger partial charge in [0.25, 0.3) is 0 Å². The molecule has 5 heteroatoms. The summed E-state index contributed by atoms with van der Waals surface area (Å²) in [5, 5.41) is 3.95. The van der Waals surface area contributed by atoms with E-state index in [-0.39, 0.29) is 11.8 Å². The first kappa shape index (κ1) is 15.6. The van der Waals surface area contributed by atoms with Gasteiger partial charge in [0, 0.05) is 23.9 Å². The molecule has 3 aromatic rings. The Hall–Kier alpha value is -2.92. The summed E-state index contributed by atoms with van der Waals surface area (Å²) in [6.45, 7) is 1.16. The largest absolute Gasteiger partial charge is 0.455 e. The zero-order valence-electron chi connectivity index (χ0n) is 13.6. The van der Waals surface area contributed by atoms with E-state index in [2.05, 4.69) is 10.3 Å². The van der Waals surface area contributed by atoms with Crippen molar-refractivity contribution in [1.82, 2.24) is 4.98 Å². The van der Waals surface area contributed by atoms with Gasteiger partial charge in [0.2, 0.25) is 5.91 Å². The number of pyridine rings is 1. The fourth-order valence-electron chi connectivity index (χ4n) is 2.88. The number of anilines is 1. The van der Waals surface area contributed by atoms with E-state index in [1.54, 1.807) is 6.20 Å². The molecule has 25 heavy (non-hydrogen) atoms. The minimum atomic E-state index is -0.0577. The molecule has 5 nitrogen and oxygen atoms in total. The van der Waals surface area contributed by atoms with Gasteiger partial charge in [0.15, 0.2) is 5.75 Å². The predicted octanol–water partition coefficient (Wildman–Crippen LogP) is 4.00. The zero-order valence-corrected chi connectivity index (χ0v) is 13.6. The second kappa shape index (κ2) is 6.91. The molecule has 1 aliphatic rings. The van der Waals surface area contributed by atoms with Crippen molar-refractivity contribution in [3.63, 3.8) is 0 Å². The Kier molecular flexibility index (Phi) is 4.31. The smallest absolute Gasteiger partial charge is 0.229 e. The molecule has 1 aliphatic heterocycles. The Bertz CT molecular complexity index is 882. The van der Waals surface area contributed by atoms with Crippen molar-refractivity contribution in [3.8, 4) is 11.5 Å². The first-order valence-corrected chi connectivity index (χ1v) is 8.30. The van der Waals surface area contributed by atoms with E-state index in [9.17, 15) is 4.79 Å². The Morgan fingerprint density at radius 3 is 2.76 bits per heavy atom. The molecule has 0 saturated carbocycles. The van der Waals surface area contributed by atoms with Crippen LogP contribution >= 0.6 is 0 Å². The van der Waals surface area contributed by atoms with Gasteiger partial charge in [-0.05, 0) is 42.8 Å². The Morgan fingerprint density at radius 2 is 1.96 bits per heavy atom. The quantitative estimate of drug-likeness (QED) is 0.783. The number of benzene rings is 2. The van der Waals surface area contributed by atoms with E-state index in [1.165, 1.54) is 0 Å². The number of hydrogen-bond acceptors (Lipinski definition) is 4. The van der Waals surface area contributed by atoms with Crippen LogP contribution in [0.15, 0.2) is 60.8 Å². The summed E-state index contributed by atoms with van der Waals surface area (Å²) in [5.74, 6) is 1.35. The van der Waals surface area contributed by atoms with Crippen molar-refractivity contribution in [2.45, 2.75) is 6.42 Å². The molecule has 126 valence electrons. The van der Waals surface area contributed by atoms with E-state index in [0.717, 1.165) is 23.0 Å². The highest BCUT2D eigenvalue weighted by Gasteiger charge is 2.23. The maximum absolute atomic E-state index is 12.1. The van der Waals surface area contributed by atoms with Crippen molar-refractivity contribution in [2.75, 3.05) is 18.5 Å². The maximum atomic E-state index is 12.1. The number of rotatable bonds is 4. The number of aromatic nitrogens is 1. The summed E-state index contributed by atoms with van der Waals surface area (Å²) in [6.07, 6.45) is 2.53. The van der Waals surface area contributed by atoms with Crippen molar-refractivity contribution in [1.29, 1.82) is 0 Å². The summed E-state index contributed by atoms with van der Waals surface area (Å²) in [6, 6.07) is 17.1. The number of para-hydroxylation sites is 1. The first-order valence-electron chi connectivity index (χ1n) is 8.30. The molecule has 0 unspecified atom stereocenters. The number of carbonyl (C=O) groups excluding carboxylic acids is 1. The van der Waals surface area contributed by atoms with Gasteiger partial charge in [0.1, 0.15) is 11.3 Å². The third-order valence-corrected chi connectivity index (χ3v) is 4.25. The third kappa shape index (κ3) is 3.46. The monoisotopic (exact) mass is 334 g/mol. The molecule has 0 bridgehead atoms. The van der Waals surface area contributed by atoms with Crippen LogP contribution in [0, 0.1) is 5.92 Å². The number of fused-ring (bicyclic) bond motifs is 1. The minimum absolute atomic E-state index is 0.00409. The van der Waals surface area contributed by atoms with Crippen LogP contribution in [0.3, 0.4) is 0 Å². The lowest BCUT2D eigenvalue weighted by molar-refractivity contribution is -0.119. The Labute approximate surface area is 145 Å². The summed E-state index contributed by atoms with van der Waals surface area (Å²) < 4.78 is 11.2. The van der Waals surface area contributed by atoms with E-state index < -0.39 is 0 Å². The van der Waals surface area contributed by atoms with Crippen LogP contribution in [0.5, 0.6) is 11.5 Å². The topological polar surface area (TPSA) is 60.5 Å². The van der Waals surface area contributed by atoms with Gasteiger partial charge in [-0.2, -0.15) is 0 Å². The average molecular weight is 334 g/mol. The fraction of sp³-hybridized carbons (Fsp3) is 0.200. The van der Waals surface area contributed by atoms with Gasteiger partial charge in [0.05, 0.1) is 12.5 Å². The van der Waals surface area contributed by atoms with Crippen molar-refractivity contribution in [2.24, 2.45) is 5.92 Å². The van der Waals surface area contributed by atoms with E-state index >= 15 is 0 Å². The third-order valence-electron chi connectivity index (χ3n) is 4.25. The molecule has 2 aromatic carbocycles. The molecule has 0 spiro atoms. The van der Waals surface area contributed by atoms with Crippen molar-refractivity contribution < 1.29 is 14.3 Å². The second-order valence-electron chi connectivity index (χ2n) is 6.01. The van der Waals surface area contributed by atoms with Gasteiger partial charge in [-0.25, -0.2) is 0 Å². The molecule has 1 fully saturated rings. The van der Waals surface area contributed by atoms with Crippen LogP contribution in [-0.4, -0.2) is 24.1 Å². The van der Waals surface area contributed by atoms with Crippen LogP contribution < -0.4 is 10.1 Å². The molecule has 1 aromatic heterocycles. The van der Waals surface area contributed by atoms with Crippen LogP contribution in [0.25, 0.3) is 10.9 Å². The molecular weight excluding hydrogens is 316 g/mol. The number of carbonyl (C=O) groups is 1. The molecule has 1 N–H and O–H groups in total. The van der Waals surface area contributed by atoms with Crippen molar-refractivity contribution in [3.05, 3.63) is 60.8 Å². The fourth-order valence-corrected chi connectivity index (χ4v) is 2.88. The normalized spacial score (nSPS) is 16.7. The second-order valence-corrected chi connectivity index (χ2v) is 6.01.